The maximum absolute atomic E-state index is 12.3. The Kier molecular flexibility index (Phi) is 6.51. The molecule has 20 heavy (non-hydrogen) atoms. The fourth-order valence-electron chi connectivity index (χ4n) is 1.73. The van der Waals surface area contributed by atoms with Gasteiger partial charge in [-0.25, -0.2) is 8.42 Å². The molecule has 0 amide bonds. The van der Waals surface area contributed by atoms with Crippen molar-refractivity contribution >= 4 is 27.8 Å². The summed E-state index contributed by atoms with van der Waals surface area (Å²) < 4.78 is 26.9. The van der Waals surface area contributed by atoms with Gasteiger partial charge in [-0.15, -0.1) is 11.8 Å². The number of benzene rings is 1. The molecular weight excluding hydrogens is 298 g/mol. The van der Waals surface area contributed by atoms with E-state index < -0.39 is 22.0 Å². The van der Waals surface area contributed by atoms with Crippen LogP contribution in [0.1, 0.15) is 26.2 Å². The van der Waals surface area contributed by atoms with Crippen molar-refractivity contribution in [2.45, 2.75) is 42.0 Å². The van der Waals surface area contributed by atoms with Crippen molar-refractivity contribution in [1.82, 2.24) is 4.72 Å². The van der Waals surface area contributed by atoms with Gasteiger partial charge in [-0.05, 0) is 24.8 Å². The number of hydrogen-bond acceptors (Lipinski definition) is 4. The van der Waals surface area contributed by atoms with Crippen LogP contribution >= 0.6 is 11.8 Å². The summed E-state index contributed by atoms with van der Waals surface area (Å²) in [6.45, 7) is 1.93. The minimum Gasteiger partial charge on any atom is -0.480 e. The molecule has 112 valence electrons. The Morgan fingerprint density at radius 3 is 2.60 bits per heavy atom. The molecule has 0 aliphatic rings. The Morgan fingerprint density at radius 2 is 2.05 bits per heavy atom. The Bertz CT molecular complexity index is 557. The van der Waals surface area contributed by atoms with Crippen LogP contribution < -0.4 is 4.72 Å². The first-order valence-corrected chi connectivity index (χ1v) is 9.01. The zero-order valence-corrected chi connectivity index (χ0v) is 13.1. The Balaban J connectivity index is 3.00. The molecule has 0 aliphatic heterocycles. The molecule has 0 aromatic heterocycles. The minimum atomic E-state index is -3.83. The number of carboxylic acids is 1. The van der Waals surface area contributed by atoms with E-state index in [1.165, 1.54) is 17.8 Å². The lowest BCUT2D eigenvalue weighted by Crippen LogP contribution is -2.40. The van der Waals surface area contributed by atoms with Gasteiger partial charge >= 0.3 is 5.97 Å². The fraction of sp³-hybridized carbons (Fsp3) is 0.462. The predicted molar refractivity (Wildman–Crippen MR) is 79.5 cm³/mol. The van der Waals surface area contributed by atoms with Crippen LogP contribution in [0.4, 0.5) is 0 Å². The third-order valence-corrected chi connectivity index (χ3v) is 5.26. The second kappa shape index (κ2) is 7.66. The monoisotopic (exact) mass is 317 g/mol. The van der Waals surface area contributed by atoms with Crippen LogP contribution in [0.3, 0.4) is 0 Å². The molecule has 1 aromatic carbocycles. The summed E-state index contributed by atoms with van der Waals surface area (Å²) in [6, 6.07) is 5.45. The van der Waals surface area contributed by atoms with Crippen molar-refractivity contribution in [2.24, 2.45) is 0 Å². The lowest BCUT2D eigenvalue weighted by molar-refractivity contribution is -0.139. The van der Waals surface area contributed by atoms with Crippen LogP contribution in [0.25, 0.3) is 0 Å². The van der Waals surface area contributed by atoms with E-state index in [1.54, 1.807) is 24.5 Å². The average molecular weight is 317 g/mol. The van der Waals surface area contributed by atoms with Gasteiger partial charge in [0, 0.05) is 4.90 Å². The van der Waals surface area contributed by atoms with Gasteiger partial charge in [-0.3, -0.25) is 4.79 Å². The Labute approximate surface area is 123 Å². The molecule has 7 heteroatoms. The third-order valence-electron chi connectivity index (χ3n) is 2.80. The smallest absolute Gasteiger partial charge is 0.321 e. The molecule has 0 fully saturated rings. The average Bonchev–Trinajstić information content (AvgIpc) is 2.43. The molecule has 1 atom stereocenters. The van der Waals surface area contributed by atoms with Gasteiger partial charge < -0.3 is 5.11 Å². The number of rotatable bonds is 8. The molecule has 0 radical (unpaired) electrons. The van der Waals surface area contributed by atoms with Crippen molar-refractivity contribution in [3.8, 4) is 0 Å². The van der Waals surface area contributed by atoms with Crippen LogP contribution in [0, 0.1) is 0 Å². The predicted octanol–water partition coefficient (Wildman–Crippen LogP) is 2.33. The first-order valence-electron chi connectivity index (χ1n) is 6.30. The summed E-state index contributed by atoms with van der Waals surface area (Å²) >= 11 is 1.31. The molecule has 5 nitrogen and oxygen atoms in total. The summed E-state index contributed by atoms with van der Waals surface area (Å²) in [4.78, 5) is 11.9. The summed E-state index contributed by atoms with van der Waals surface area (Å²) in [5, 5.41) is 9.10. The number of thioether (sulfide) groups is 1. The van der Waals surface area contributed by atoms with Crippen molar-refractivity contribution in [2.75, 3.05) is 6.26 Å². The molecule has 0 saturated carbocycles. The molecule has 0 bridgehead atoms. The van der Waals surface area contributed by atoms with Crippen LogP contribution in [0.5, 0.6) is 0 Å². The van der Waals surface area contributed by atoms with E-state index in [0.717, 1.165) is 6.42 Å². The summed E-state index contributed by atoms with van der Waals surface area (Å²) in [5.41, 5.74) is 0. The number of aliphatic carboxylic acids is 1. The molecule has 0 heterocycles. The third kappa shape index (κ3) is 4.50. The van der Waals surface area contributed by atoms with Gasteiger partial charge in [0.1, 0.15) is 6.04 Å². The van der Waals surface area contributed by atoms with E-state index in [1.807, 2.05) is 6.92 Å². The normalized spacial score (nSPS) is 13.1. The van der Waals surface area contributed by atoms with E-state index in [4.69, 9.17) is 5.11 Å². The summed E-state index contributed by atoms with van der Waals surface area (Å²) in [7, 11) is -3.83. The molecule has 1 rings (SSSR count). The number of sulfonamides is 1. The van der Waals surface area contributed by atoms with E-state index >= 15 is 0 Å². The Hall–Kier alpha value is -1.05. The van der Waals surface area contributed by atoms with Crippen LogP contribution in [-0.4, -0.2) is 31.8 Å². The second-order valence-electron chi connectivity index (χ2n) is 4.31. The lowest BCUT2D eigenvalue weighted by atomic mass is 10.1. The summed E-state index contributed by atoms with van der Waals surface area (Å²) in [6.07, 6.45) is 3.53. The lowest BCUT2D eigenvalue weighted by Gasteiger charge is -2.15. The van der Waals surface area contributed by atoms with Crippen molar-refractivity contribution < 1.29 is 18.3 Å². The van der Waals surface area contributed by atoms with Gasteiger partial charge in [0.25, 0.3) is 0 Å². The zero-order chi connectivity index (χ0) is 15.2. The highest BCUT2D eigenvalue weighted by molar-refractivity contribution is 7.99. The highest BCUT2D eigenvalue weighted by atomic mass is 32.2. The van der Waals surface area contributed by atoms with Crippen molar-refractivity contribution in [3.63, 3.8) is 0 Å². The van der Waals surface area contributed by atoms with Gasteiger partial charge in [-0.1, -0.05) is 31.9 Å². The molecule has 0 unspecified atom stereocenters. The maximum Gasteiger partial charge on any atom is 0.321 e. The van der Waals surface area contributed by atoms with E-state index in [-0.39, 0.29) is 11.3 Å². The SMILES string of the molecule is CCCC[C@H](NS(=O)(=O)c1ccccc1SC)C(=O)O. The number of nitrogens with one attached hydrogen (secondary N) is 1. The van der Waals surface area contributed by atoms with E-state index in [0.29, 0.717) is 11.3 Å². The van der Waals surface area contributed by atoms with Gasteiger partial charge in [-0.2, -0.15) is 4.72 Å². The molecule has 2 N–H and O–H groups in total. The van der Waals surface area contributed by atoms with Crippen molar-refractivity contribution in [1.29, 1.82) is 0 Å². The molecule has 0 spiro atoms. The molecule has 0 saturated heterocycles. The highest BCUT2D eigenvalue weighted by Gasteiger charge is 2.26. The molecule has 0 aliphatic carbocycles. The fourth-order valence-corrected chi connectivity index (χ4v) is 4.11. The van der Waals surface area contributed by atoms with Crippen LogP contribution in [-0.2, 0) is 14.8 Å². The highest BCUT2D eigenvalue weighted by Crippen LogP contribution is 2.24. The largest absolute Gasteiger partial charge is 0.480 e. The van der Waals surface area contributed by atoms with Crippen molar-refractivity contribution in [3.05, 3.63) is 24.3 Å². The number of unbranched alkanes of at least 4 members (excludes halogenated alkanes) is 1. The quantitative estimate of drug-likeness (QED) is 0.719. The Morgan fingerprint density at radius 1 is 1.40 bits per heavy atom. The minimum absolute atomic E-state index is 0.121. The maximum atomic E-state index is 12.3. The van der Waals surface area contributed by atoms with Gasteiger partial charge in [0.05, 0.1) is 4.90 Å². The number of carbonyl (C=O) groups is 1. The number of hydrogen-bond donors (Lipinski definition) is 2. The topological polar surface area (TPSA) is 83.5 Å². The van der Waals surface area contributed by atoms with Crippen LogP contribution in [0.2, 0.25) is 0 Å². The number of carboxylic acid groups (broad SMARTS) is 1. The standard InChI is InChI=1S/C13H19NO4S2/c1-3-4-7-10(13(15)16)14-20(17,18)12-9-6-5-8-11(12)19-2/h5-6,8-10,14H,3-4,7H2,1-2H3,(H,15,16)/t10-/m0/s1. The van der Waals surface area contributed by atoms with E-state index in [2.05, 4.69) is 4.72 Å². The first kappa shape index (κ1) is 17.0. The first-order chi connectivity index (χ1) is 9.42. The second-order valence-corrected chi connectivity index (χ2v) is 6.84. The molecule has 1 aromatic rings. The summed E-state index contributed by atoms with van der Waals surface area (Å²) in [5.74, 6) is -1.15. The van der Waals surface area contributed by atoms with Gasteiger partial charge in [0.2, 0.25) is 10.0 Å². The molecular formula is C13H19NO4S2. The van der Waals surface area contributed by atoms with Gasteiger partial charge in [0.15, 0.2) is 0 Å². The zero-order valence-electron chi connectivity index (χ0n) is 11.5. The van der Waals surface area contributed by atoms with E-state index in [9.17, 15) is 13.2 Å². The van der Waals surface area contributed by atoms with Crippen LogP contribution in [0.15, 0.2) is 34.1 Å².